The van der Waals surface area contributed by atoms with Crippen LogP contribution in [0.25, 0.3) is 0 Å². The van der Waals surface area contributed by atoms with Crippen LogP contribution in [0, 0.1) is 0 Å². The largest absolute Gasteiger partial charge is 0.508 e. The van der Waals surface area contributed by atoms with Crippen LogP contribution in [0.15, 0.2) is 24.3 Å². The molecule has 0 amide bonds. The fraction of sp³-hybridized carbons (Fsp3) is 0.500. The number of hydrogen-bond donors (Lipinski definition) is 2. The number of ether oxygens (including phenoxy) is 3. The summed E-state index contributed by atoms with van der Waals surface area (Å²) in [6, 6.07) is 6.45. The van der Waals surface area contributed by atoms with Gasteiger partial charge >= 0.3 is 5.97 Å². The quantitative estimate of drug-likeness (QED) is 0.384. The number of anilines is 1. The summed E-state index contributed by atoms with van der Waals surface area (Å²) in [5.41, 5.74) is 0.746. The number of benzene rings is 1. The van der Waals surface area contributed by atoms with Crippen molar-refractivity contribution < 1.29 is 24.1 Å². The highest BCUT2D eigenvalue weighted by Crippen LogP contribution is 2.13. The van der Waals surface area contributed by atoms with E-state index in [0.29, 0.717) is 19.8 Å². The highest BCUT2D eigenvalue weighted by atomic mass is 16.6. The Labute approximate surface area is 118 Å². The van der Waals surface area contributed by atoms with Crippen molar-refractivity contribution in [2.24, 2.45) is 0 Å². The Hall–Kier alpha value is -1.79. The van der Waals surface area contributed by atoms with Gasteiger partial charge in [0.15, 0.2) is 0 Å². The molecule has 0 aliphatic rings. The van der Waals surface area contributed by atoms with Gasteiger partial charge in [-0.05, 0) is 30.7 Å². The van der Waals surface area contributed by atoms with E-state index in [9.17, 15) is 4.79 Å². The molecule has 0 aliphatic heterocycles. The minimum atomic E-state index is -0.349. The van der Waals surface area contributed by atoms with E-state index in [4.69, 9.17) is 19.3 Å². The first-order chi connectivity index (χ1) is 9.72. The van der Waals surface area contributed by atoms with Crippen LogP contribution in [-0.2, 0) is 19.0 Å². The summed E-state index contributed by atoms with van der Waals surface area (Å²) in [7, 11) is 1.64. The average molecular weight is 283 g/mol. The Kier molecular flexibility index (Phi) is 8.17. The summed E-state index contributed by atoms with van der Waals surface area (Å²) in [5, 5.41) is 12.0. The van der Waals surface area contributed by atoms with E-state index in [1.54, 1.807) is 31.4 Å². The molecule has 0 radical (unpaired) electrons. The summed E-state index contributed by atoms with van der Waals surface area (Å²) in [6.07, 6.45) is 0.826. The molecule has 0 atom stereocenters. The van der Waals surface area contributed by atoms with Crippen molar-refractivity contribution in [2.75, 3.05) is 45.4 Å². The Morgan fingerprint density at radius 1 is 1.15 bits per heavy atom. The predicted molar refractivity (Wildman–Crippen MR) is 74.9 cm³/mol. The van der Waals surface area contributed by atoms with Crippen molar-refractivity contribution in [1.29, 1.82) is 0 Å². The van der Waals surface area contributed by atoms with Crippen LogP contribution in [0.5, 0.6) is 5.75 Å². The maximum atomic E-state index is 11.4. The van der Waals surface area contributed by atoms with E-state index in [1.165, 1.54) is 0 Å². The van der Waals surface area contributed by atoms with Crippen molar-refractivity contribution in [2.45, 2.75) is 6.42 Å². The van der Waals surface area contributed by atoms with E-state index in [1.807, 2.05) is 0 Å². The highest BCUT2D eigenvalue weighted by Gasteiger charge is 2.02. The molecule has 6 heteroatoms. The van der Waals surface area contributed by atoms with Crippen LogP contribution in [0.3, 0.4) is 0 Å². The van der Waals surface area contributed by atoms with Crippen molar-refractivity contribution in [3.05, 3.63) is 24.3 Å². The molecule has 1 aromatic rings. The normalized spacial score (nSPS) is 10.2. The molecule has 1 aromatic carbocycles. The van der Waals surface area contributed by atoms with Gasteiger partial charge in [-0.3, -0.25) is 4.79 Å². The summed E-state index contributed by atoms with van der Waals surface area (Å²) < 4.78 is 15.1. The van der Waals surface area contributed by atoms with Crippen molar-refractivity contribution >= 4 is 11.7 Å². The first-order valence-corrected chi connectivity index (χ1v) is 6.47. The van der Waals surface area contributed by atoms with E-state index in [0.717, 1.165) is 12.1 Å². The number of hydrogen-bond acceptors (Lipinski definition) is 6. The van der Waals surface area contributed by atoms with Gasteiger partial charge in [-0.1, -0.05) is 0 Å². The van der Waals surface area contributed by atoms with Crippen LogP contribution in [0.2, 0.25) is 0 Å². The number of nitrogens with one attached hydrogen (secondary N) is 1. The molecule has 0 aromatic heterocycles. The molecule has 1 rings (SSSR count). The summed E-state index contributed by atoms with van der Waals surface area (Å²) in [5.74, 6) is -0.165. The second-order valence-electron chi connectivity index (χ2n) is 4.08. The number of carbonyl (C=O) groups excluding carboxylic acids is 1. The van der Waals surface area contributed by atoms with Gasteiger partial charge in [0.05, 0.1) is 6.61 Å². The number of esters is 1. The van der Waals surface area contributed by atoms with Crippen molar-refractivity contribution in [3.63, 3.8) is 0 Å². The Morgan fingerprint density at radius 3 is 2.60 bits per heavy atom. The highest BCUT2D eigenvalue weighted by molar-refractivity contribution is 5.75. The molecule has 0 saturated carbocycles. The van der Waals surface area contributed by atoms with Crippen LogP contribution in [0.1, 0.15) is 6.42 Å². The molecule has 0 aliphatic carbocycles. The predicted octanol–water partition coefficient (Wildman–Crippen LogP) is 1.40. The molecule has 0 unspecified atom stereocenters. The van der Waals surface area contributed by atoms with Gasteiger partial charge in [0, 0.05) is 26.0 Å². The number of rotatable bonds is 10. The summed E-state index contributed by atoms with van der Waals surface area (Å²) in [6.45, 7) is 1.96. The molecule has 0 bridgehead atoms. The molecule has 2 N–H and O–H groups in total. The van der Waals surface area contributed by atoms with E-state index in [-0.39, 0.29) is 24.9 Å². The zero-order valence-electron chi connectivity index (χ0n) is 11.6. The van der Waals surface area contributed by atoms with Gasteiger partial charge < -0.3 is 24.6 Å². The minimum Gasteiger partial charge on any atom is -0.508 e. The molecule has 0 heterocycles. The fourth-order valence-electron chi connectivity index (χ4n) is 1.43. The third-order valence-corrected chi connectivity index (χ3v) is 2.43. The number of phenolic OH excluding ortho intramolecular Hbond substituents is 1. The SMILES string of the molecule is COCCCOCCOC(=O)CNc1ccc(O)cc1. The molecule has 0 spiro atoms. The van der Waals surface area contributed by atoms with Crippen LogP contribution < -0.4 is 5.32 Å². The zero-order chi connectivity index (χ0) is 14.6. The Morgan fingerprint density at radius 2 is 1.90 bits per heavy atom. The molecule has 6 nitrogen and oxygen atoms in total. The topological polar surface area (TPSA) is 77.0 Å². The first kappa shape index (κ1) is 16.3. The molecule has 20 heavy (non-hydrogen) atoms. The second-order valence-corrected chi connectivity index (χ2v) is 4.08. The number of phenols is 1. The van der Waals surface area contributed by atoms with Gasteiger partial charge in [0.1, 0.15) is 18.9 Å². The zero-order valence-corrected chi connectivity index (χ0v) is 11.6. The first-order valence-electron chi connectivity index (χ1n) is 6.47. The maximum absolute atomic E-state index is 11.4. The fourth-order valence-corrected chi connectivity index (χ4v) is 1.43. The van der Waals surface area contributed by atoms with Crippen LogP contribution in [0.4, 0.5) is 5.69 Å². The molecule has 0 fully saturated rings. The van der Waals surface area contributed by atoms with Crippen molar-refractivity contribution in [1.82, 2.24) is 0 Å². The van der Waals surface area contributed by atoms with Gasteiger partial charge in [-0.15, -0.1) is 0 Å². The smallest absolute Gasteiger partial charge is 0.325 e. The van der Waals surface area contributed by atoms with E-state index >= 15 is 0 Å². The van der Waals surface area contributed by atoms with Gasteiger partial charge in [0.2, 0.25) is 0 Å². The van der Waals surface area contributed by atoms with E-state index < -0.39 is 0 Å². The molecule has 112 valence electrons. The summed E-state index contributed by atoms with van der Waals surface area (Å²) >= 11 is 0. The van der Waals surface area contributed by atoms with Gasteiger partial charge in [0.25, 0.3) is 0 Å². The van der Waals surface area contributed by atoms with Crippen LogP contribution in [-0.4, -0.2) is 51.2 Å². The molecular formula is C14H21NO5. The van der Waals surface area contributed by atoms with Crippen LogP contribution >= 0.6 is 0 Å². The Bertz CT molecular complexity index is 380. The lowest BCUT2D eigenvalue weighted by Crippen LogP contribution is -2.19. The average Bonchev–Trinajstić information content (AvgIpc) is 2.46. The summed E-state index contributed by atoms with van der Waals surface area (Å²) in [4.78, 5) is 11.4. The number of methoxy groups -OCH3 is 1. The van der Waals surface area contributed by atoms with E-state index in [2.05, 4.69) is 5.32 Å². The monoisotopic (exact) mass is 283 g/mol. The lowest BCUT2D eigenvalue weighted by molar-refractivity contribution is -0.143. The maximum Gasteiger partial charge on any atom is 0.325 e. The van der Waals surface area contributed by atoms with Crippen molar-refractivity contribution in [3.8, 4) is 5.75 Å². The number of carbonyl (C=O) groups is 1. The lowest BCUT2D eigenvalue weighted by Gasteiger charge is -2.08. The third kappa shape index (κ3) is 7.60. The lowest BCUT2D eigenvalue weighted by atomic mass is 10.3. The standard InChI is InChI=1S/C14H21NO5/c1-18-7-2-8-19-9-10-20-14(17)11-15-12-3-5-13(16)6-4-12/h3-6,15-16H,2,7-11H2,1H3. The number of aromatic hydroxyl groups is 1. The van der Waals surface area contributed by atoms with Gasteiger partial charge in [-0.25, -0.2) is 0 Å². The minimum absolute atomic E-state index is 0.0778. The second kappa shape index (κ2) is 10.1. The third-order valence-electron chi connectivity index (χ3n) is 2.43. The van der Waals surface area contributed by atoms with Gasteiger partial charge in [-0.2, -0.15) is 0 Å². The molecular weight excluding hydrogens is 262 g/mol. The Balaban J connectivity index is 2.01. The molecule has 0 saturated heterocycles.